The highest BCUT2D eigenvalue weighted by molar-refractivity contribution is 7.89. The van der Waals surface area contributed by atoms with E-state index in [1.165, 1.54) is 28.6 Å². The Hall–Kier alpha value is -2.07. The molecule has 0 radical (unpaired) electrons. The third-order valence-corrected chi connectivity index (χ3v) is 8.16. The summed E-state index contributed by atoms with van der Waals surface area (Å²) in [7, 11) is -3.70. The van der Waals surface area contributed by atoms with Crippen LogP contribution in [0.2, 0.25) is 10.0 Å². The van der Waals surface area contributed by atoms with Gasteiger partial charge >= 0.3 is 0 Å². The molecule has 35 heavy (non-hydrogen) atoms. The van der Waals surface area contributed by atoms with Crippen molar-refractivity contribution < 1.29 is 21.9 Å². The van der Waals surface area contributed by atoms with Crippen LogP contribution in [0.15, 0.2) is 71.6 Å². The lowest BCUT2D eigenvalue weighted by molar-refractivity contribution is 0.0525. The lowest BCUT2D eigenvalue weighted by Gasteiger charge is -2.34. The van der Waals surface area contributed by atoms with Crippen LogP contribution in [0.5, 0.6) is 0 Å². The summed E-state index contributed by atoms with van der Waals surface area (Å²) >= 11 is 12.0. The van der Waals surface area contributed by atoms with Crippen LogP contribution in [-0.4, -0.2) is 57.0 Å². The molecule has 186 valence electrons. The van der Waals surface area contributed by atoms with Gasteiger partial charge in [0.1, 0.15) is 6.10 Å². The first-order valence-corrected chi connectivity index (χ1v) is 13.2. The van der Waals surface area contributed by atoms with Gasteiger partial charge in [-0.15, -0.1) is 0 Å². The number of halogens is 4. The summed E-state index contributed by atoms with van der Waals surface area (Å²) in [5.41, 5.74) is 1.35. The van der Waals surface area contributed by atoms with Crippen LogP contribution in [0.3, 0.4) is 0 Å². The van der Waals surface area contributed by atoms with Gasteiger partial charge in [0.2, 0.25) is 10.0 Å². The zero-order chi connectivity index (χ0) is 25.0. The second kappa shape index (κ2) is 11.3. The van der Waals surface area contributed by atoms with Crippen LogP contribution in [-0.2, 0) is 14.8 Å². The molecule has 3 aromatic rings. The summed E-state index contributed by atoms with van der Waals surface area (Å²) < 4.78 is 60.8. The van der Waals surface area contributed by atoms with Gasteiger partial charge in [-0.05, 0) is 41.5 Å². The van der Waals surface area contributed by atoms with Gasteiger partial charge in [0.15, 0.2) is 11.6 Å². The number of benzene rings is 3. The molecule has 1 heterocycles. The van der Waals surface area contributed by atoms with Gasteiger partial charge < -0.3 is 4.74 Å². The molecule has 0 amide bonds. The van der Waals surface area contributed by atoms with E-state index in [0.717, 1.165) is 17.7 Å². The van der Waals surface area contributed by atoms with Crippen molar-refractivity contribution in [3.05, 3.63) is 99.5 Å². The van der Waals surface area contributed by atoms with E-state index in [1.807, 2.05) is 30.3 Å². The lowest BCUT2D eigenvalue weighted by Crippen LogP contribution is -2.49. The topological polar surface area (TPSA) is 49.9 Å². The van der Waals surface area contributed by atoms with Crippen molar-refractivity contribution in [3.8, 4) is 0 Å². The smallest absolute Gasteiger partial charge is 0.243 e. The molecule has 10 heteroatoms. The Balaban J connectivity index is 1.36. The molecule has 1 fully saturated rings. The van der Waals surface area contributed by atoms with Crippen LogP contribution in [0.4, 0.5) is 8.78 Å². The molecular formula is C25H24Cl2F2N2O3S. The molecule has 0 aromatic heterocycles. The van der Waals surface area contributed by atoms with Gasteiger partial charge in [0.05, 0.1) is 11.5 Å². The first-order valence-electron chi connectivity index (χ1n) is 11.0. The largest absolute Gasteiger partial charge is 0.367 e. The van der Waals surface area contributed by atoms with Crippen molar-refractivity contribution in [1.82, 2.24) is 9.21 Å². The maximum Gasteiger partial charge on any atom is 0.243 e. The minimum atomic E-state index is -3.70. The summed E-state index contributed by atoms with van der Waals surface area (Å²) in [6, 6.07) is 17.4. The third kappa shape index (κ3) is 6.39. The minimum absolute atomic E-state index is 0.0732. The predicted octanol–water partition coefficient (Wildman–Crippen LogP) is 5.38. The SMILES string of the molecule is O=S(=O)(c1cc(Cl)cc(Cl)c1)N1CCN(CCO[C@@H](c2ccccc2)c2ccc(F)c(F)c2)CC1. The Labute approximate surface area is 213 Å². The third-order valence-electron chi connectivity index (χ3n) is 5.85. The fraction of sp³-hybridized carbons (Fsp3) is 0.280. The quantitative estimate of drug-likeness (QED) is 0.384. The lowest BCUT2D eigenvalue weighted by atomic mass is 10.0. The first-order chi connectivity index (χ1) is 16.7. The van der Waals surface area contributed by atoms with Gasteiger partial charge in [-0.25, -0.2) is 17.2 Å². The van der Waals surface area contributed by atoms with Crippen LogP contribution < -0.4 is 0 Å². The molecule has 1 saturated heterocycles. The average Bonchev–Trinajstić information content (AvgIpc) is 2.84. The number of nitrogens with zero attached hydrogens (tertiary/aromatic N) is 2. The molecule has 0 saturated carbocycles. The van der Waals surface area contributed by atoms with E-state index in [1.54, 1.807) is 0 Å². The van der Waals surface area contributed by atoms with E-state index in [0.29, 0.717) is 44.9 Å². The number of piperazine rings is 1. The van der Waals surface area contributed by atoms with E-state index >= 15 is 0 Å². The van der Waals surface area contributed by atoms with Crippen LogP contribution >= 0.6 is 23.2 Å². The van der Waals surface area contributed by atoms with Crippen molar-refractivity contribution in [2.24, 2.45) is 0 Å². The minimum Gasteiger partial charge on any atom is -0.367 e. The van der Waals surface area contributed by atoms with Gasteiger partial charge in [-0.2, -0.15) is 4.31 Å². The Kier molecular flexibility index (Phi) is 8.42. The highest BCUT2D eigenvalue weighted by Crippen LogP contribution is 2.28. The average molecular weight is 541 g/mol. The number of hydrogen-bond donors (Lipinski definition) is 0. The van der Waals surface area contributed by atoms with E-state index in [-0.39, 0.29) is 14.9 Å². The molecule has 4 rings (SSSR count). The van der Waals surface area contributed by atoms with Crippen molar-refractivity contribution >= 4 is 33.2 Å². The number of ether oxygens (including phenoxy) is 1. The number of hydrogen-bond acceptors (Lipinski definition) is 4. The van der Waals surface area contributed by atoms with Crippen LogP contribution in [0.25, 0.3) is 0 Å². The fourth-order valence-corrected chi connectivity index (χ4v) is 6.16. The van der Waals surface area contributed by atoms with Crippen molar-refractivity contribution in [3.63, 3.8) is 0 Å². The van der Waals surface area contributed by atoms with Crippen molar-refractivity contribution in [1.29, 1.82) is 0 Å². The summed E-state index contributed by atoms with van der Waals surface area (Å²) in [5.74, 6) is -1.83. The maximum atomic E-state index is 13.9. The molecule has 0 unspecified atom stereocenters. The number of sulfonamides is 1. The van der Waals surface area contributed by atoms with E-state index in [9.17, 15) is 17.2 Å². The maximum absolute atomic E-state index is 13.9. The van der Waals surface area contributed by atoms with Crippen molar-refractivity contribution in [2.45, 2.75) is 11.0 Å². The van der Waals surface area contributed by atoms with Gasteiger partial charge in [0.25, 0.3) is 0 Å². The zero-order valence-electron chi connectivity index (χ0n) is 18.7. The normalized spacial score (nSPS) is 16.3. The van der Waals surface area contributed by atoms with Gasteiger partial charge in [-0.1, -0.05) is 59.6 Å². The predicted molar refractivity (Wildman–Crippen MR) is 132 cm³/mol. The Bertz CT molecular complexity index is 1250. The molecular weight excluding hydrogens is 517 g/mol. The second-order valence-electron chi connectivity index (χ2n) is 8.19. The molecule has 0 aliphatic carbocycles. The second-order valence-corrected chi connectivity index (χ2v) is 11.0. The number of rotatable bonds is 8. The Morgan fingerprint density at radius 3 is 2.11 bits per heavy atom. The standard InChI is InChI=1S/C25H24Cl2F2N2O3S/c26-20-15-21(27)17-22(16-20)35(32,33)31-10-8-30(9-11-31)12-13-34-25(18-4-2-1-3-5-18)19-6-7-23(28)24(29)14-19/h1-7,14-17,25H,8-13H2/t25-/m0/s1. The highest BCUT2D eigenvalue weighted by Gasteiger charge is 2.29. The summed E-state index contributed by atoms with van der Waals surface area (Å²) in [5, 5.41) is 0.529. The van der Waals surface area contributed by atoms with E-state index in [2.05, 4.69) is 4.90 Å². The van der Waals surface area contributed by atoms with Gasteiger partial charge in [0, 0.05) is 42.8 Å². The Morgan fingerprint density at radius 2 is 1.49 bits per heavy atom. The van der Waals surface area contributed by atoms with Crippen LogP contribution in [0.1, 0.15) is 17.2 Å². The fourth-order valence-electron chi connectivity index (χ4n) is 4.01. The zero-order valence-corrected chi connectivity index (χ0v) is 21.0. The molecule has 1 aliphatic rings. The first kappa shape index (κ1) is 26.0. The Morgan fingerprint density at radius 1 is 0.829 bits per heavy atom. The summed E-state index contributed by atoms with van der Waals surface area (Å²) in [4.78, 5) is 2.17. The molecule has 1 atom stereocenters. The molecule has 0 spiro atoms. The van der Waals surface area contributed by atoms with Gasteiger partial charge in [-0.3, -0.25) is 4.90 Å². The van der Waals surface area contributed by atoms with Crippen molar-refractivity contribution in [2.75, 3.05) is 39.3 Å². The molecule has 5 nitrogen and oxygen atoms in total. The summed E-state index contributed by atoms with van der Waals surface area (Å²) in [6.07, 6.45) is -0.555. The molecule has 0 bridgehead atoms. The molecule has 3 aromatic carbocycles. The monoisotopic (exact) mass is 540 g/mol. The summed E-state index contributed by atoms with van der Waals surface area (Å²) in [6.45, 7) is 2.57. The molecule has 1 aliphatic heterocycles. The highest BCUT2D eigenvalue weighted by atomic mass is 35.5. The van der Waals surface area contributed by atoms with E-state index in [4.69, 9.17) is 27.9 Å². The van der Waals surface area contributed by atoms with Crippen LogP contribution in [0, 0.1) is 11.6 Å². The van der Waals surface area contributed by atoms with E-state index < -0.39 is 27.8 Å². The molecule has 0 N–H and O–H groups in total.